The van der Waals surface area contributed by atoms with Gasteiger partial charge in [0.25, 0.3) is 0 Å². The summed E-state index contributed by atoms with van der Waals surface area (Å²) in [6.45, 7) is 5.93. The number of Topliss-reactive ketones (excluding diaryl/α,β-unsaturated/α-hetero) is 1. The predicted octanol–water partition coefficient (Wildman–Crippen LogP) is 1.82. The smallest absolute Gasteiger partial charge is 0.166 e. The second-order valence-electron chi connectivity index (χ2n) is 5.42. The Balaban J connectivity index is 2.51. The van der Waals surface area contributed by atoms with Crippen molar-refractivity contribution < 1.29 is 13.6 Å². The Hall–Kier alpha value is -0.480. The molecule has 0 heterocycles. The molecule has 0 amide bonds. The number of rotatable bonds is 2. The standard InChI is InChI=1S/C12H18O3S/c1-4-8-9-5-6-12(10(8)13,7-16(14)15)11(9,2)3/h4,9H,5-7H2,1-3H3,(H,14,15)/p-1/b8-4+. The molecule has 0 saturated heterocycles. The average molecular weight is 241 g/mol. The second kappa shape index (κ2) is 3.50. The first-order valence-corrected chi connectivity index (χ1v) is 6.88. The highest BCUT2D eigenvalue weighted by molar-refractivity contribution is 7.79. The summed E-state index contributed by atoms with van der Waals surface area (Å²) < 4.78 is 22.0. The maximum Gasteiger partial charge on any atom is 0.166 e. The molecule has 3 unspecified atom stereocenters. The highest BCUT2D eigenvalue weighted by Gasteiger charge is 2.66. The highest BCUT2D eigenvalue weighted by Crippen LogP contribution is 2.65. The van der Waals surface area contributed by atoms with Crippen LogP contribution in [-0.4, -0.2) is 20.3 Å². The Bertz CT molecular complexity index is 397. The van der Waals surface area contributed by atoms with Crippen molar-refractivity contribution in [2.75, 3.05) is 5.75 Å². The van der Waals surface area contributed by atoms with Gasteiger partial charge in [0, 0.05) is 11.2 Å². The molecule has 0 aliphatic heterocycles. The van der Waals surface area contributed by atoms with Crippen LogP contribution in [0.3, 0.4) is 0 Å². The Labute approximate surface area is 98.6 Å². The Morgan fingerprint density at radius 3 is 2.62 bits per heavy atom. The fraction of sp³-hybridized carbons (Fsp3) is 0.750. The molecular weight excluding hydrogens is 224 g/mol. The van der Waals surface area contributed by atoms with Gasteiger partial charge in [0.15, 0.2) is 5.78 Å². The molecule has 0 aromatic heterocycles. The van der Waals surface area contributed by atoms with Gasteiger partial charge in [-0.15, -0.1) is 0 Å². The number of allylic oxidation sites excluding steroid dienone is 2. The normalized spacial score (nSPS) is 40.6. The monoisotopic (exact) mass is 241 g/mol. The summed E-state index contributed by atoms with van der Waals surface area (Å²) >= 11 is -2.15. The zero-order valence-electron chi connectivity index (χ0n) is 9.91. The number of fused-ring (bicyclic) bond motifs is 2. The largest absolute Gasteiger partial charge is 0.772 e. The zero-order valence-corrected chi connectivity index (χ0v) is 10.7. The molecule has 4 heteroatoms. The first-order valence-electron chi connectivity index (χ1n) is 5.63. The van der Waals surface area contributed by atoms with Crippen LogP contribution in [0.4, 0.5) is 0 Å². The third kappa shape index (κ3) is 1.23. The van der Waals surface area contributed by atoms with E-state index in [0.29, 0.717) is 0 Å². The molecule has 0 aromatic carbocycles. The van der Waals surface area contributed by atoms with Gasteiger partial charge < -0.3 is 4.55 Å². The SMILES string of the molecule is C/C=C1/C(=O)C2(CS(=O)[O-])CCC1C2(C)C. The van der Waals surface area contributed by atoms with Gasteiger partial charge in [-0.05, 0) is 36.7 Å². The van der Waals surface area contributed by atoms with Crippen LogP contribution in [-0.2, 0) is 15.9 Å². The van der Waals surface area contributed by atoms with E-state index in [-0.39, 0.29) is 22.9 Å². The molecule has 16 heavy (non-hydrogen) atoms. The maximum atomic E-state index is 12.3. The molecule has 2 bridgehead atoms. The van der Waals surface area contributed by atoms with Crippen molar-refractivity contribution in [2.45, 2.75) is 33.6 Å². The van der Waals surface area contributed by atoms with Crippen molar-refractivity contribution in [3.63, 3.8) is 0 Å². The van der Waals surface area contributed by atoms with Gasteiger partial charge >= 0.3 is 0 Å². The number of carbonyl (C=O) groups is 1. The fourth-order valence-corrected chi connectivity index (χ4v) is 4.70. The van der Waals surface area contributed by atoms with Gasteiger partial charge in [0.2, 0.25) is 0 Å². The van der Waals surface area contributed by atoms with Crippen LogP contribution in [0.2, 0.25) is 0 Å². The van der Waals surface area contributed by atoms with Crippen LogP contribution < -0.4 is 0 Å². The van der Waals surface area contributed by atoms with E-state index in [1.807, 2.05) is 26.8 Å². The van der Waals surface area contributed by atoms with Crippen molar-refractivity contribution in [3.05, 3.63) is 11.6 Å². The van der Waals surface area contributed by atoms with Gasteiger partial charge in [-0.25, -0.2) is 0 Å². The van der Waals surface area contributed by atoms with E-state index in [2.05, 4.69) is 0 Å². The fourth-order valence-electron chi connectivity index (χ4n) is 3.65. The first-order chi connectivity index (χ1) is 7.37. The zero-order chi connectivity index (χ0) is 12.1. The van der Waals surface area contributed by atoms with Gasteiger partial charge in [0.1, 0.15) is 0 Å². The van der Waals surface area contributed by atoms with E-state index in [1.165, 1.54) is 0 Å². The minimum Gasteiger partial charge on any atom is -0.772 e. The van der Waals surface area contributed by atoms with Gasteiger partial charge in [-0.2, -0.15) is 0 Å². The Morgan fingerprint density at radius 2 is 2.19 bits per heavy atom. The van der Waals surface area contributed by atoms with Crippen molar-refractivity contribution in [2.24, 2.45) is 16.7 Å². The Kier molecular flexibility index (Phi) is 2.63. The summed E-state index contributed by atoms with van der Waals surface area (Å²) in [6.07, 6.45) is 3.52. The summed E-state index contributed by atoms with van der Waals surface area (Å²) in [4.78, 5) is 12.3. The lowest BCUT2D eigenvalue weighted by Gasteiger charge is -2.36. The molecule has 2 aliphatic carbocycles. The summed E-state index contributed by atoms with van der Waals surface area (Å²) in [5.41, 5.74) is -0.0281. The summed E-state index contributed by atoms with van der Waals surface area (Å²) in [5, 5.41) is 0. The number of ketones is 1. The number of hydrogen-bond acceptors (Lipinski definition) is 3. The van der Waals surface area contributed by atoms with E-state index < -0.39 is 16.5 Å². The van der Waals surface area contributed by atoms with E-state index in [0.717, 1.165) is 18.4 Å². The molecule has 3 atom stereocenters. The van der Waals surface area contributed by atoms with Crippen LogP contribution in [0.1, 0.15) is 33.6 Å². The molecule has 3 nitrogen and oxygen atoms in total. The highest BCUT2D eigenvalue weighted by atomic mass is 32.2. The van der Waals surface area contributed by atoms with E-state index >= 15 is 0 Å². The molecule has 2 saturated carbocycles. The molecule has 0 N–H and O–H groups in total. The summed E-state index contributed by atoms with van der Waals surface area (Å²) in [5.74, 6) is 0.293. The van der Waals surface area contributed by atoms with Crippen LogP contribution in [0.25, 0.3) is 0 Å². The molecule has 2 rings (SSSR count). The molecular formula is C12H17O3S-. The lowest BCUT2D eigenvalue weighted by molar-refractivity contribution is -0.125. The van der Waals surface area contributed by atoms with Crippen molar-refractivity contribution in [1.82, 2.24) is 0 Å². The topological polar surface area (TPSA) is 57.2 Å². The number of hydrogen-bond donors (Lipinski definition) is 0. The lowest BCUT2D eigenvalue weighted by Crippen LogP contribution is -2.40. The summed E-state index contributed by atoms with van der Waals surface area (Å²) in [7, 11) is 0. The number of carbonyl (C=O) groups excluding carboxylic acids is 1. The maximum absolute atomic E-state index is 12.3. The van der Waals surface area contributed by atoms with E-state index in [9.17, 15) is 13.6 Å². The lowest BCUT2D eigenvalue weighted by atomic mass is 9.70. The van der Waals surface area contributed by atoms with Crippen molar-refractivity contribution in [3.8, 4) is 0 Å². The van der Waals surface area contributed by atoms with Crippen LogP contribution in [0.5, 0.6) is 0 Å². The average Bonchev–Trinajstić information content (AvgIpc) is 2.49. The third-order valence-corrected chi connectivity index (χ3v) is 5.44. The second-order valence-corrected chi connectivity index (χ2v) is 6.31. The molecule has 90 valence electrons. The minimum absolute atomic E-state index is 0.0212. The quantitative estimate of drug-likeness (QED) is 0.547. The molecule has 2 fully saturated rings. The summed E-state index contributed by atoms with van der Waals surface area (Å²) in [6, 6.07) is 0. The molecule has 2 aliphatic rings. The van der Waals surface area contributed by atoms with Crippen LogP contribution in [0.15, 0.2) is 11.6 Å². The Morgan fingerprint density at radius 1 is 1.56 bits per heavy atom. The molecule has 0 aromatic rings. The third-order valence-electron chi connectivity index (χ3n) is 4.71. The van der Waals surface area contributed by atoms with Crippen molar-refractivity contribution in [1.29, 1.82) is 0 Å². The minimum atomic E-state index is -2.15. The molecule has 0 spiro atoms. The predicted molar refractivity (Wildman–Crippen MR) is 61.5 cm³/mol. The van der Waals surface area contributed by atoms with Crippen LogP contribution in [0, 0.1) is 16.7 Å². The molecule has 0 radical (unpaired) electrons. The van der Waals surface area contributed by atoms with E-state index in [4.69, 9.17) is 0 Å². The first kappa shape index (κ1) is 12.0. The van der Waals surface area contributed by atoms with Crippen LogP contribution >= 0.6 is 0 Å². The van der Waals surface area contributed by atoms with E-state index in [1.54, 1.807) is 0 Å². The van der Waals surface area contributed by atoms with Crippen molar-refractivity contribution >= 4 is 16.9 Å². The van der Waals surface area contributed by atoms with Gasteiger partial charge in [-0.1, -0.05) is 31.0 Å². The van der Waals surface area contributed by atoms with Gasteiger partial charge in [0.05, 0.1) is 0 Å². The van der Waals surface area contributed by atoms with Gasteiger partial charge in [-0.3, -0.25) is 9.00 Å².